The van der Waals surface area contributed by atoms with E-state index in [-0.39, 0.29) is 18.4 Å². The van der Waals surface area contributed by atoms with E-state index in [1.54, 1.807) is 24.3 Å². The minimum Gasteiger partial charge on any atom is -0.326 e. The number of rotatable bonds is 5. The molecule has 2 heterocycles. The summed E-state index contributed by atoms with van der Waals surface area (Å²) in [5.74, 6) is -0.245. The van der Waals surface area contributed by atoms with Gasteiger partial charge in [-0.1, -0.05) is 55.8 Å². The smallest absolute Gasteiger partial charge is 0.266 e. The summed E-state index contributed by atoms with van der Waals surface area (Å²) in [5, 5.41) is 0. The average Bonchev–Trinajstić information content (AvgIpc) is 2.99. The van der Waals surface area contributed by atoms with Crippen LogP contribution in [0.1, 0.15) is 57.1 Å². The molecule has 2 amide bonds. The Morgan fingerprint density at radius 2 is 1.52 bits per heavy atom. The predicted molar refractivity (Wildman–Crippen MR) is 123 cm³/mol. The lowest BCUT2D eigenvalue weighted by molar-refractivity contribution is 0.0926. The number of carbonyl (C=O) groups is 2. The van der Waals surface area contributed by atoms with Gasteiger partial charge in [-0.2, -0.15) is 0 Å². The van der Waals surface area contributed by atoms with Crippen molar-refractivity contribution in [2.45, 2.75) is 40.7 Å². The van der Waals surface area contributed by atoms with Crippen LogP contribution < -0.4 is 10.6 Å². The molecule has 5 heteroatoms. The van der Waals surface area contributed by atoms with Crippen molar-refractivity contribution in [2.75, 3.05) is 4.90 Å². The van der Waals surface area contributed by atoms with Crippen molar-refractivity contribution in [3.05, 3.63) is 82.2 Å². The van der Waals surface area contributed by atoms with Gasteiger partial charge in [-0.3, -0.25) is 14.6 Å². The molecule has 1 aromatic heterocycles. The highest BCUT2D eigenvalue weighted by molar-refractivity contribution is 6.35. The molecule has 2 aromatic carbocycles. The largest absolute Gasteiger partial charge is 0.326 e. The summed E-state index contributed by atoms with van der Waals surface area (Å²) < 4.78 is 0. The number of imide groups is 1. The molecule has 1 aliphatic rings. The molecule has 3 aromatic rings. The fourth-order valence-corrected chi connectivity index (χ4v) is 4.26. The lowest BCUT2D eigenvalue weighted by atomic mass is 9.91. The van der Waals surface area contributed by atoms with Crippen molar-refractivity contribution >= 4 is 17.5 Å². The summed E-state index contributed by atoms with van der Waals surface area (Å²) in [7, 11) is 0. The maximum absolute atomic E-state index is 13.3. The van der Waals surface area contributed by atoms with Crippen molar-refractivity contribution in [3.63, 3.8) is 0 Å². The molecule has 0 bridgehead atoms. The molecule has 158 valence electrons. The molecular weight excluding hydrogens is 386 g/mol. The fourth-order valence-electron chi connectivity index (χ4n) is 4.26. The number of aryl methyl sites for hydroxylation is 2. The van der Waals surface area contributed by atoms with Crippen LogP contribution in [0, 0.1) is 19.8 Å². The molecule has 0 spiro atoms. The zero-order chi connectivity index (χ0) is 22.3. The lowest BCUT2D eigenvalue weighted by Crippen LogP contribution is -2.31. The summed E-state index contributed by atoms with van der Waals surface area (Å²) in [6.45, 7) is 8.44. The number of carbonyl (C=O) groups excluding carboxylic acids is 2. The van der Waals surface area contributed by atoms with Crippen LogP contribution in [0.15, 0.2) is 48.5 Å². The molecule has 0 saturated heterocycles. The van der Waals surface area contributed by atoms with Crippen LogP contribution in [0.5, 0.6) is 0 Å². The summed E-state index contributed by atoms with van der Waals surface area (Å²) in [6, 6.07) is 15.0. The number of amides is 2. The Morgan fingerprint density at radius 1 is 0.935 bits per heavy atom. The van der Waals surface area contributed by atoms with Crippen LogP contribution >= 0.6 is 0 Å². The number of fused-ring (bicyclic) bond motifs is 1. The standard InChI is InChI=1S/C26H27N3O2/c1-15(2)13-22-21(14-27)23(18-11-9-16(3)10-12-18)24(17(4)28-22)29-25(30)19-7-5-6-8-20(19)26(29)31/h5-12,15H,13-14,27H2,1-4H3. The number of nitrogens with zero attached hydrogens (tertiary/aromatic N) is 2. The summed E-state index contributed by atoms with van der Waals surface area (Å²) >= 11 is 0. The van der Waals surface area contributed by atoms with Crippen LogP contribution in [0.25, 0.3) is 11.1 Å². The van der Waals surface area contributed by atoms with Gasteiger partial charge in [0.05, 0.1) is 22.5 Å². The minimum atomic E-state index is -0.321. The Bertz CT molecular complexity index is 1150. The fraction of sp³-hybridized carbons (Fsp3) is 0.269. The number of pyridine rings is 1. The molecule has 0 unspecified atom stereocenters. The molecule has 0 radical (unpaired) electrons. The third kappa shape index (κ3) is 3.55. The summed E-state index contributed by atoms with van der Waals surface area (Å²) in [5.41, 5.74) is 12.9. The highest BCUT2D eigenvalue weighted by atomic mass is 16.2. The number of hydrogen-bond acceptors (Lipinski definition) is 4. The zero-order valence-corrected chi connectivity index (χ0v) is 18.4. The van der Waals surface area contributed by atoms with Crippen molar-refractivity contribution in [1.29, 1.82) is 0 Å². The van der Waals surface area contributed by atoms with E-state index in [4.69, 9.17) is 10.7 Å². The summed E-state index contributed by atoms with van der Waals surface area (Å²) in [4.78, 5) is 32.7. The van der Waals surface area contributed by atoms with Crippen LogP contribution in [0.2, 0.25) is 0 Å². The van der Waals surface area contributed by atoms with E-state index in [1.807, 2.05) is 38.1 Å². The Kier molecular flexibility index (Phi) is 5.46. The van der Waals surface area contributed by atoms with E-state index in [9.17, 15) is 9.59 Å². The van der Waals surface area contributed by atoms with Crippen LogP contribution in [0.4, 0.5) is 5.69 Å². The molecule has 0 saturated carbocycles. The second kappa shape index (κ2) is 8.08. The number of hydrogen-bond donors (Lipinski definition) is 1. The van der Waals surface area contributed by atoms with Gasteiger partial charge in [0.15, 0.2) is 0 Å². The van der Waals surface area contributed by atoms with E-state index in [2.05, 4.69) is 13.8 Å². The number of aromatic nitrogens is 1. The molecule has 2 N–H and O–H groups in total. The third-order valence-corrected chi connectivity index (χ3v) is 5.70. The Hall–Kier alpha value is -3.31. The molecule has 4 rings (SSSR count). The van der Waals surface area contributed by atoms with Gasteiger partial charge in [0, 0.05) is 17.8 Å². The highest BCUT2D eigenvalue weighted by Crippen LogP contribution is 2.41. The second-order valence-corrected chi connectivity index (χ2v) is 8.51. The molecule has 1 aliphatic heterocycles. The number of anilines is 1. The summed E-state index contributed by atoms with van der Waals surface area (Å²) in [6.07, 6.45) is 0.772. The van der Waals surface area contributed by atoms with Gasteiger partial charge in [0.1, 0.15) is 0 Å². The molecule has 5 nitrogen and oxygen atoms in total. The van der Waals surface area contributed by atoms with Crippen LogP contribution in [-0.4, -0.2) is 16.8 Å². The number of benzene rings is 2. The van der Waals surface area contributed by atoms with Crippen molar-refractivity contribution in [3.8, 4) is 11.1 Å². The molecule has 0 aliphatic carbocycles. The number of nitrogens with two attached hydrogens (primary N) is 1. The molecule has 0 fully saturated rings. The van der Waals surface area contributed by atoms with Gasteiger partial charge in [-0.05, 0) is 49.4 Å². The average molecular weight is 414 g/mol. The quantitative estimate of drug-likeness (QED) is 0.608. The monoisotopic (exact) mass is 413 g/mol. The Balaban J connectivity index is 2.01. The first kappa shape index (κ1) is 20.9. The maximum Gasteiger partial charge on any atom is 0.266 e. The van der Waals surface area contributed by atoms with Crippen molar-refractivity contribution < 1.29 is 9.59 Å². The highest BCUT2D eigenvalue weighted by Gasteiger charge is 2.39. The molecule has 0 atom stereocenters. The molecule has 31 heavy (non-hydrogen) atoms. The first-order chi connectivity index (χ1) is 14.8. The van der Waals surface area contributed by atoms with Gasteiger partial charge >= 0.3 is 0 Å². The van der Waals surface area contributed by atoms with Gasteiger partial charge in [0.25, 0.3) is 11.8 Å². The Morgan fingerprint density at radius 3 is 2.03 bits per heavy atom. The van der Waals surface area contributed by atoms with E-state index in [0.717, 1.165) is 34.4 Å². The van der Waals surface area contributed by atoms with E-state index in [1.165, 1.54) is 4.90 Å². The normalized spacial score (nSPS) is 13.3. The lowest BCUT2D eigenvalue weighted by Gasteiger charge is -2.25. The zero-order valence-electron chi connectivity index (χ0n) is 18.4. The van der Waals surface area contributed by atoms with Gasteiger partial charge < -0.3 is 5.73 Å². The van der Waals surface area contributed by atoms with Crippen LogP contribution in [0.3, 0.4) is 0 Å². The van der Waals surface area contributed by atoms with Crippen molar-refractivity contribution in [1.82, 2.24) is 4.98 Å². The van der Waals surface area contributed by atoms with E-state index in [0.29, 0.717) is 28.4 Å². The Labute approximate surface area is 182 Å². The first-order valence-electron chi connectivity index (χ1n) is 10.6. The SMILES string of the molecule is Cc1ccc(-c2c(CN)c(CC(C)C)nc(C)c2N2C(=O)c3ccccc3C2=O)cc1. The van der Waals surface area contributed by atoms with Crippen molar-refractivity contribution in [2.24, 2.45) is 11.7 Å². The van der Waals surface area contributed by atoms with E-state index < -0.39 is 0 Å². The maximum atomic E-state index is 13.3. The third-order valence-electron chi connectivity index (χ3n) is 5.70. The topological polar surface area (TPSA) is 76.3 Å². The predicted octanol–water partition coefficient (Wildman–Crippen LogP) is 4.82. The van der Waals surface area contributed by atoms with Gasteiger partial charge in [-0.25, -0.2) is 4.90 Å². The molecular formula is C26H27N3O2. The first-order valence-corrected chi connectivity index (χ1v) is 10.6. The van der Waals surface area contributed by atoms with Crippen LogP contribution in [-0.2, 0) is 13.0 Å². The minimum absolute atomic E-state index is 0.273. The van der Waals surface area contributed by atoms with Gasteiger partial charge in [0.2, 0.25) is 0 Å². The second-order valence-electron chi connectivity index (χ2n) is 8.51. The van der Waals surface area contributed by atoms with Gasteiger partial charge in [-0.15, -0.1) is 0 Å². The van der Waals surface area contributed by atoms with E-state index >= 15 is 0 Å².